The molecule has 1 atom stereocenters. The molecule has 16 heavy (non-hydrogen) atoms. The molecule has 1 heterocycles. The van der Waals surface area contributed by atoms with Crippen LogP contribution >= 0.6 is 12.4 Å². The second-order valence-corrected chi connectivity index (χ2v) is 4.82. The molecule has 1 saturated heterocycles. The fraction of sp³-hybridized carbons (Fsp3) is 0.917. The summed E-state index contributed by atoms with van der Waals surface area (Å²) in [6, 6.07) is 0.109. The number of carbonyl (C=O) groups is 1. The van der Waals surface area contributed by atoms with Crippen LogP contribution in [0.15, 0.2) is 0 Å². The van der Waals surface area contributed by atoms with E-state index in [1.807, 2.05) is 4.90 Å². The number of hydrogen-bond acceptors (Lipinski definition) is 2. The van der Waals surface area contributed by atoms with Crippen LogP contribution in [-0.4, -0.2) is 36.5 Å². The van der Waals surface area contributed by atoms with Crippen LogP contribution in [0.4, 0.5) is 0 Å². The Labute approximate surface area is 104 Å². The molecule has 0 aromatic heterocycles. The van der Waals surface area contributed by atoms with E-state index < -0.39 is 0 Å². The summed E-state index contributed by atoms with van der Waals surface area (Å²) in [7, 11) is 0. The van der Waals surface area contributed by atoms with Crippen molar-refractivity contribution in [3.05, 3.63) is 0 Å². The van der Waals surface area contributed by atoms with E-state index in [0.717, 1.165) is 32.0 Å². The standard InChI is InChI=1S/C12H22N2O.ClH/c1-2-14(9-10-6-7-10)12(15)11-5-3-4-8-13-11;/h10-11,13H,2-9H2,1H3;1H. The van der Waals surface area contributed by atoms with Gasteiger partial charge in [0.25, 0.3) is 0 Å². The third-order valence-corrected chi connectivity index (χ3v) is 3.48. The molecule has 0 aromatic rings. The molecule has 94 valence electrons. The van der Waals surface area contributed by atoms with Crippen molar-refractivity contribution < 1.29 is 4.79 Å². The molecule has 1 N–H and O–H groups in total. The summed E-state index contributed by atoms with van der Waals surface area (Å²) in [5.74, 6) is 1.14. The van der Waals surface area contributed by atoms with Crippen molar-refractivity contribution in [3.8, 4) is 0 Å². The minimum atomic E-state index is 0. The molecule has 1 saturated carbocycles. The third kappa shape index (κ3) is 3.63. The van der Waals surface area contributed by atoms with Gasteiger partial charge in [0.2, 0.25) is 5.91 Å². The van der Waals surface area contributed by atoms with E-state index >= 15 is 0 Å². The Kier molecular flexibility index (Phi) is 5.56. The number of piperidine rings is 1. The number of carbonyl (C=O) groups excluding carboxylic acids is 1. The van der Waals surface area contributed by atoms with E-state index in [4.69, 9.17) is 0 Å². The number of amides is 1. The van der Waals surface area contributed by atoms with Crippen molar-refractivity contribution in [2.45, 2.75) is 45.1 Å². The molecular formula is C12H23ClN2O. The minimum absolute atomic E-state index is 0. The number of halogens is 1. The van der Waals surface area contributed by atoms with Gasteiger partial charge in [-0.2, -0.15) is 0 Å². The SMILES string of the molecule is CCN(CC1CC1)C(=O)C1CCCCN1.Cl. The average molecular weight is 247 g/mol. The van der Waals surface area contributed by atoms with Gasteiger partial charge in [0.05, 0.1) is 6.04 Å². The van der Waals surface area contributed by atoms with Gasteiger partial charge in [0.1, 0.15) is 0 Å². The van der Waals surface area contributed by atoms with Crippen LogP contribution in [0.3, 0.4) is 0 Å². The molecule has 2 aliphatic rings. The summed E-state index contributed by atoms with van der Waals surface area (Å²) in [6.45, 7) is 4.96. The van der Waals surface area contributed by atoms with E-state index in [9.17, 15) is 4.79 Å². The molecule has 0 radical (unpaired) electrons. The molecule has 0 bridgehead atoms. The molecule has 2 fully saturated rings. The molecule has 1 aliphatic heterocycles. The highest BCUT2D eigenvalue weighted by molar-refractivity contribution is 5.85. The first kappa shape index (κ1) is 13.8. The zero-order chi connectivity index (χ0) is 10.7. The summed E-state index contributed by atoms with van der Waals surface area (Å²) in [6.07, 6.45) is 6.09. The second kappa shape index (κ2) is 6.45. The number of rotatable bonds is 4. The first-order valence-electron chi connectivity index (χ1n) is 6.33. The van der Waals surface area contributed by atoms with E-state index in [1.54, 1.807) is 0 Å². The fourth-order valence-electron chi connectivity index (χ4n) is 2.27. The molecule has 2 rings (SSSR count). The van der Waals surface area contributed by atoms with Gasteiger partial charge in [-0.25, -0.2) is 0 Å². The van der Waals surface area contributed by atoms with Crippen molar-refractivity contribution in [3.63, 3.8) is 0 Å². The highest BCUT2D eigenvalue weighted by Gasteiger charge is 2.29. The van der Waals surface area contributed by atoms with Gasteiger partial charge >= 0.3 is 0 Å². The summed E-state index contributed by atoms with van der Waals surface area (Å²) in [5.41, 5.74) is 0. The predicted molar refractivity (Wildman–Crippen MR) is 67.9 cm³/mol. The minimum Gasteiger partial charge on any atom is -0.341 e. The first-order valence-corrected chi connectivity index (χ1v) is 6.33. The van der Waals surface area contributed by atoms with Gasteiger partial charge in [-0.3, -0.25) is 4.79 Å². The molecule has 0 aromatic carbocycles. The Balaban J connectivity index is 0.00000128. The van der Waals surface area contributed by atoms with Crippen molar-refractivity contribution in [2.75, 3.05) is 19.6 Å². The van der Waals surface area contributed by atoms with Crippen LogP contribution in [-0.2, 0) is 4.79 Å². The van der Waals surface area contributed by atoms with Crippen molar-refractivity contribution in [1.29, 1.82) is 0 Å². The lowest BCUT2D eigenvalue weighted by Gasteiger charge is -2.29. The summed E-state index contributed by atoms with van der Waals surface area (Å²) in [4.78, 5) is 14.2. The molecule has 1 aliphatic carbocycles. The van der Waals surface area contributed by atoms with Gasteiger partial charge in [0.15, 0.2) is 0 Å². The lowest BCUT2D eigenvalue weighted by atomic mass is 10.0. The van der Waals surface area contributed by atoms with Gasteiger partial charge in [-0.05, 0) is 45.1 Å². The molecule has 1 unspecified atom stereocenters. The van der Waals surface area contributed by atoms with Crippen LogP contribution < -0.4 is 5.32 Å². The van der Waals surface area contributed by atoms with Crippen LogP contribution in [0.5, 0.6) is 0 Å². The fourth-order valence-corrected chi connectivity index (χ4v) is 2.27. The smallest absolute Gasteiger partial charge is 0.239 e. The maximum Gasteiger partial charge on any atom is 0.239 e. The number of likely N-dealkylation sites (N-methyl/N-ethyl adjacent to an activating group) is 1. The maximum atomic E-state index is 12.2. The Morgan fingerprint density at radius 2 is 2.06 bits per heavy atom. The lowest BCUT2D eigenvalue weighted by Crippen LogP contribution is -2.49. The van der Waals surface area contributed by atoms with Crippen molar-refractivity contribution in [2.24, 2.45) is 5.92 Å². The zero-order valence-corrected chi connectivity index (χ0v) is 10.9. The van der Waals surface area contributed by atoms with Crippen molar-refractivity contribution >= 4 is 18.3 Å². The maximum absolute atomic E-state index is 12.2. The zero-order valence-electron chi connectivity index (χ0n) is 10.1. The number of nitrogens with one attached hydrogen (secondary N) is 1. The van der Waals surface area contributed by atoms with Gasteiger partial charge < -0.3 is 10.2 Å². The Hall–Kier alpha value is -0.280. The Bertz CT molecular complexity index is 225. The predicted octanol–water partition coefficient (Wildman–Crippen LogP) is 1.81. The Morgan fingerprint density at radius 3 is 2.56 bits per heavy atom. The lowest BCUT2D eigenvalue weighted by molar-refractivity contribution is -0.134. The number of nitrogens with zero attached hydrogens (tertiary/aromatic N) is 1. The van der Waals surface area contributed by atoms with Crippen LogP contribution in [0.1, 0.15) is 39.0 Å². The third-order valence-electron chi connectivity index (χ3n) is 3.48. The Morgan fingerprint density at radius 1 is 1.31 bits per heavy atom. The van der Waals surface area contributed by atoms with Gasteiger partial charge in [-0.1, -0.05) is 6.42 Å². The molecule has 4 heteroatoms. The van der Waals surface area contributed by atoms with Crippen LogP contribution in [0.25, 0.3) is 0 Å². The van der Waals surface area contributed by atoms with Crippen LogP contribution in [0, 0.1) is 5.92 Å². The molecule has 3 nitrogen and oxygen atoms in total. The van der Waals surface area contributed by atoms with E-state index in [1.165, 1.54) is 25.7 Å². The van der Waals surface area contributed by atoms with Crippen molar-refractivity contribution in [1.82, 2.24) is 10.2 Å². The highest BCUT2D eigenvalue weighted by Crippen LogP contribution is 2.30. The van der Waals surface area contributed by atoms with Gasteiger partial charge in [-0.15, -0.1) is 12.4 Å². The number of hydrogen-bond donors (Lipinski definition) is 1. The average Bonchev–Trinajstić information content (AvgIpc) is 3.10. The second-order valence-electron chi connectivity index (χ2n) is 4.82. The molecular weight excluding hydrogens is 224 g/mol. The topological polar surface area (TPSA) is 32.3 Å². The van der Waals surface area contributed by atoms with E-state index in [0.29, 0.717) is 5.91 Å². The quantitative estimate of drug-likeness (QED) is 0.821. The summed E-state index contributed by atoms with van der Waals surface area (Å²) in [5, 5.41) is 3.34. The normalized spacial score (nSPS) is 24.7. The van der Waals surface area contributed by atoms with E-state index in [-0.39, 0.29) is 18.4 Å². The van der Waals surface area contributed by atoms with Gasteiger partial charge in [0, 0.05) is 13.1 Å². The highest BCUT2D eigenvalue weighted by atomic mass is 35.5. The molecule has 0 spiro atoms. The first-order chi connectivity index (χ1) is 7.31. The summed E-state index contributed by atoms with van der Waals surface area (Å²) < 4.78 is 0. The monoisotopic (exact) mass is 246 g/mol. The largest absolute Gasteiger partial charge is 0.341 e. The molecule has 1 amide bonds. The van der Waals surface area contributed by atoms with Crippen LogP contribution in [0.2, 0.25) is 0 Å². The summed E-state index contributed by atoms with van der Waals surface area (Å²) >= 11 is 0. The van der Waals surface area contributed by atoms with E-state index in [2.05, 4.69) is 12.2 Å².